The molecule has 164 valence electrons. The van der Waals surface area contributed by atoms with Crippen molar-refractivity contribution in [2.45, 2.75) is 19.9 Å². The second-order valence-electron chi connectivity index (χ2n) is 8.01. The minimum atomic E-state index is -0.418. The quantitative estimate of drug-likeness (QED) is 0.444. The van der Waals surface area contributed by atoms with Crippen molar-refractivity contribution in [1.82, 2.24) is 35.1 Å². The van der Waals surface area contributed by atoms with E-state index >= 15 is 4.39 Å². The first-order valence-corrected chi connectivity index (χ1v) is 10.7. The van der Waals surface area contributed by atoms with E-state index in [0.717, 1.165) is 31.9 Å². The number of H-pyrrole nitrogens is 1. The zero-order valence-electron chi connectivity index (χ0n) is 18.1. The smallest absolute Gasteiger partial charge is 0.206 e. The van der Waals surface area contributed by atoms with Crippen molar-refractivity contribution in [2.75, 3.05) is 31.5 Å². The third kappa shape index (κ3) is 4.04. The van der Waals surface area contributed by atoms with Crippen molar-refractivity contribution in [3.63, 3.8) is 0 Å². The standard InChI is InChI=1S/C23H25FN8/c1-14-11-19(28-13-27-14)17-3-4-18-22(21(17)24)31-23(29-18)30-20-12-16(5-6-26-20)15(2)32-9-7-25-8-10-32/h3-6,11-13,15,25H,7-10H2,1-2H3,(H2,26,29,30,31). The number of halogens is 1. The van der Waals surface area contributed by atoms with Crippen LogP contribution in [0.1, 0.15) is 24.2 Å². The molecule has 3 aromatic heterocycles. The summed E-state index contributed by atoms with van der Waals surface area (Å²) in [5.74, 6) is 0.684. The van der Waals surface area contributed by atoms with Crippen molar-refractivity contribution in [3.05, 3.63) is 59.9 Å². The fourth-order valence-corrected chi connectivity index (χ4v) is 4.08. The Hall–Kier alpha value is -3.43. The molecule has 1 saturated heterocycles. The van der Waals surface area contributed by atoms with E-state index in [1.165, 1.54) is 11.9 Å². The van der Waals surface area contributed by atoms with E-state index < -0.39 is 5.82 Å². The molecule has 0 spiro atoms. The molecule has 1 atom stereocenters. The SMILES string of the molecule is Cc1cc(-c2ccc3[nH]c(Nc4cc(C(C)N5CCNCC5)ccn4)nc3c2F)ncn1. The van der Waals surface area contributed by atoms with Crippen LogP contribution in [0.15, 0.2) is 42.9 Å². The molecule has 1 aromatic carbocycles. The summed E-state index contributed by atoms with van der Waals surface area (Å²) in [5, 5.41) is 6.57. The molecule has 1 aliphatic heterocycles. The van der Waals surface area contributed by atoms with Crippen LogP contribution in [-0.4, -0.2) is 56.0 Å². The van der Waals surface area contributed by atoms with Gasteiger partial charge < -0.3 is 15.6 Å². The number of pyridine rings is 1. The van der Waals surface area contributed by atoms with Crippen LogP contribution >= 0.6 is 0 Å². The van der Waals surface area contributed by atoms with Crippen LogP contribution < -0.4 is 10.6 Å². The first kappa shape index (κ1) is 20.5. The van der Waals surface area contributed by atoms with E-state index in [1.54, 1.807) is 24.4 Å². The molecule has 3 N–H and O–H groups in total. The van der Waals surface area contributed by atoms with Crippen LogP contribution in [0, 0.1) is 12.7 Å². The molecule has 1 unspecified atom stereocenters. The number of fused-ring (bicyclic) bond motifs is 1. The highest BCUT2D eigenvalue weighted by Crippen LogP contribution is 2.29. The normalized spacial score (nSPS) is 15.7. The second kappa shape index (κ2) is 8.60. The predicted molar refractivity (Wildman–Crippen MR) is 122 cm³/mol. The van der Waals surface area contributed by atoms with Gasteiger partial charge in [0.15, 0.2) is 5.82 Å². The van der Waals surface area contributed by atoms with Gasteiger partial charge in [-0.15, -0.1) is 0 Å². The van der Waals surface area contributed by atoms with Crippen LogP contribution in [0.2, 0.25) is 0 Å². The Labute approximate surface area is 185 Å². The van der Waals surface area contributed by atoms with Gasteiger partial charge in [0, 0.05) is 49.7 Å². The average Bonchev–Trinajstić information content (AvgIpc) is 3.23. The molecule has 8 nitrogen and oxygen atoms in total. The number of imidazole rings is 1. The van der Waals surface area contributed by atoms with Crippen molar-refractivity contribution in [2.24, 2.45) is 0 Å². The largest absolute Gasteiger partial charge is 0.324 e. The van der Waals surface area contributed by atoms with Gasteiger partial charge in [-0.3, -0.25) is 4.90 Å². The maximum Gasteiger partial charge on any atom is 0.206 e. The van der Waals surface area contributed by atoms with Crippen LogP contribution in [0.4, 0.5) is 16.2 Å². The number of hydrogen-bond donors (Lipinski definition) is 3. The van der Waals surface area contributed by atoms with Gasteiger partial charge >= 0.3 is 0 Å². The summed E-state index contributed by atoms with van der Waals surface area (Å²) < 4.78 is 15.2. The average molecular weight is 433 g/mol. The summed E-state index contributed by atoms with van der Waals surface area (Å²) in [6, 6.07) is 9.60. The Balaban J connectivity index is 1.40. The highest BCUT2D eigenvalue weighted by Gasteiger charge is 2.19. The first-order chi connectivity index (χ1) is 15.6. The lowest BCUT2D eigenvalue weighted by Gasteiger charge is -2.33. The van der Waals surface area contributed by atoms with E-state index in [9.17, 15) is 0 Å². The zero-order chi connectivity index (χ0) is 22.1. The number of aromatic nitrogens is 5. The number of piperazine rings is 1. The maximum atomic E-state index is 15.2. The van der Waals surface area contributed by atoms with Crippen LogP contribution in [-0.2, 0) is 0 Å². The monoisotopic (exact) mass is 432 g/mol. The number of benzene rings is 1. The summed E-state index contributed by atoms with van der Waals surface area (Å²) >= 11 is 0. The van der Waals surface area contributed by atoms with Gasteiger partial charge in [-0.1, -0.05) is 0 Å². The summed E-state index contributed by atoms with van der Waals surface area (Å²) in [5.41, 5.74) is 3.74. The lowest BCUT2D eigenvalue weighted by molar-refractivity contribution is 0.185. The molecule has 32 heavy (non-hydrogen) atoms. The van der Waals surface area contributed by atoms with Crippen molar-refractivity contribution >= 4 is 22.8 Å². The number of rotatable bonds is 5. The van der Waals surface area contributed by atoms with E-state index in [2.05, 4.69) is 47.4 Å². The van der Waals surface area contributed by atoms with Crippen molar-refractivity contribution in [1.29, 1.82) is 0 Å². The molecule has 1 fully saturated rings. The summed E-state index contributed by atoms with van der Waals surface area (Å²) in [4.78, 5) is 22.7. The molecule has 0 radical (unpaired) electrons. The van der Waals surface area contributed by atoms with Crippen LogP contribution in [0.5, 0.6) is 0 Å². The van der Waals surface area contributed by atoms with Crippen molar-refractivity contribution < 1.29 is 4.39 Å². The minimum absolute atomic E-state index is 0.256. The zero-order valence-corrected chi connectivity index (χ0v) is 18.1. The number of aromatic amines is 1. The van der Waals surface area contributed by atoms with Crippen LogP contribution in [0.25, 0.3) is 22.3 Å². The van der Waals surface area contributed by atoms with E-state index in [1.807, 2.05) is 19.1 Å². The lowest BCUT2D eigenvalue weighted by atomic mass is 10.1. The van der Waals surface area contributed by atoms with Crippen molar-refractivity contribution in [3.8, 4) is 11.3 Å². The van der Waals surface area contributed by atoms with E-state index in [-0.39, 0.29) is 11.6 Å². The number of nitrogens with zero attached hydrogens (tertiary/aromatic N) is 5. The number of nitrogens with one attached hydrogen (secondary N) is 3. The topological polar surface area (TPSA) is 94.7 Å². The molecule has 0 saturated carbocycles. The Morgan fingerprint density at radius 3 is 2.75 bits per heavy atom. The predicted octanol–water partition coefficient (Wildman–Crippen LogP) is 3.57. The fourth-order valence-electron chi connectivity index (χ4n) is 4.08. The Morgan fingerprint density at radius 2 is 1.94 bits per heavy atom. The van der Waals surface area contributed by atoms with Gasteiger partial charge in [-0.05, 0) is 49.7 Å². The molecule has 4 aromatic rings. The second-order valence-corrected chi connectivity index (χ2v) is 8.01. The van der Waals surface area contributed by atoms with E-state index in [4.69, 9.17) is 0 Å². The molecule has 4 heterocycles. The maximum absolute atomic E-state index is 15.2. The molecule has 0 aliphatic carbocycles. The van der Waals surface area contributed by atoms with Gasteiger partial charge in [-0.25, -0.2) is 24.3 Å². The number of hydrogen-bond acceptors (Lipinski definition) is 7. The summed E-state index contributed by atoms with van der Waals surface area (Å²) in [6.07, 6.45) is 3.22. The third-order valence-electron chi connectivity index (χ3n) is 5.88. The van der Waals surface area contributed by atoms with Gasteiger partial charge in [0.25, 0.3) is 0 Å². The van der Waals surface area contributed by atoms with E-state index in [0.29, 0.717) is 28.5 Å². The highest BCUT2D eigenvalue weighted by atomic mass is 19.1. The van der Waals surface area contributed by atoms with Gasteiger partial charge in [-0.2, -0.15) is 0 Å². The molecule has 1 aliphatic rings. The fraction of sp³-hybridized carbons (Fsp3) is 0.304. The first-order valence-electron chi connectivity index (χ1n) is 10.7. The summed E-state index contributed by atoms with van der Waals surface area (Å²) in [6.45, 7) is 8.09. The van der Waals surface area contributed by atoms with Gasteiger partial charge in [0.1, 0.15) is 17.7 Å². The molecule has 0 bridgehead atoms. The van der Waals surface area contributed by atoms with Gasteiger partial charge in [0.05, 0.1) is 11.2 Å². The lowest BCUT2D eigenvalue weighted by Crippen LogP contribution is -2.44. The third-order valence-corrected chi connectivity index (χ3v) is 5.88. The van der Waals surface area contributed by atoms with Crippen LogP contribution in [0.3, 0.4) is 0 Å². The molecule has 9 heteroatoms. The Bertz CT molecular complexity index is 1250. The summed E-state index contributed by atoms with van der Waals surface area (Å²) in [7, 11) is 0. The molecule has 0 amide bonds. The molecule has 5 rings (SSSR count). The Kier molecular flexibility index (Phi) is 5.50. The Morgan fingerprint density at radius 1 is 1.09 bits per heavy atom. The molecular weight excluding hydrogens is 407 g/mol. The highest BCUT2D eigenvalue weighted by molar-refractivity contribution is 5.84. The number of anilines is 2. The number of aryl methyl sites for hydroxylation is 1. The minimum Gasteiger partial charge on any atom is -0.324 e. The van der Waals surface area contributed by atoms with Gasteiger partial charge in [0.2, 0.25) is 5.95 Å². The molecular formula is C23H25FN8.